The fourth-order valence-corrected chi connectivity index (χ4v) is 3.23. The molecule has 0 spiro atoms. The van der Waals surface area contributed by atoms with Crippen molar-refractivity contribution in [3.63, 3.8) is 0 Å². The normalized spacial score (nSPS) is 13.9. The molecule has 144 valence electrons. The molecule has 1 saturated carbocycles. The van der Waals surface area contributed by atoms with E-state index in [1.807, 2.05) is 55.2 Å². The molecule has 3 aromatic rings. The molecule has 5 nitrogen and oxygen atoms in total. The Kier molecular flexibility index (Phi) is 5.68. The molecule has 0 bridgehead atoms. The van der Waals surface area contributed by atoms with Crippen molar-refractivity contribution in [2.75, 3.05) is 6.61 Å². The van der Waals surface area contributed by atoms with Gasteiger partial charge in [-0.15, -0.1) is 0 Å². The lowest BCUT2D eigenvalue weighted by Gasteiger charge is -2.26. The molecule has 1 aliphatic rings. The summed E-state index contributed by atoms with van der Waals surface area (Å²) in [6, 6.07) is 7.97. The number of benzene rings is 1. The van der Waals surface area contributed by atoms with E-state index in [0.717, 1.165) is 35.2 Å². The van der Waals surface area contributed by atoms with Crippen LogP contribution in [-0.4, -0.2) is 27.0 Å². The van der Waals surface area contributed by atoms with Gasteiger partial charge in [-0.3, -0.25) is 4.79 Å². The molecule has 27 heavy (non-hydrogen) atoms. The Morgan fingerprint density at radius 2 is 2.07 bits per heavy atom. The van der Waals surface area contributed by atoms with E-state index in [2.05, 4.69) is 23.4 Å². The summed E-state index contributed by atoms with van der Waals surface area (Å²) in [6.45, 7) is 9.65. The van der Waals surface area contributed by atoms with Crippen molar-refractivity contribution in [1.29, 1.82) is 0 Å². The predicted octanol–water partition coefficient (Wildman–Crippen LogP) is 4.90. The molecule has 0 aliphatic heterocycles. The quantitative estimate of drug-likeness (QED) is 0.558. The zero-order valence-electron chi connectivity index (χ0n) is 16.7. The van der Waals surface area contributed by atoms with Crippen molar-refractivity contribution in [2.45, 2.75) is 52.6 Å². The Balaban J connectivity index is 0.00000102. The van der Waals surface area contributed by atoms with E-state index in [-0.39, 0.29) is 5.54 Å². The molecule has 0 N–H and O–H groups in total. The Labute approximate surface area is 161 Å². The van der Waals surface area contributed by atoms with Crippen LogP contribution in [0.1, 0.15) is 51.0 Å². The lowest BCUT2D eigenvalue weighted by atomic mass is 10.1. The van der Waals surface area contributed by atoms with E-state index in [1.54, 1.807) is 6.20 Å². The van der Waals surface area contributed by atoms with Crippen molar-refractivity contribution in [3.8, 4) is 5.75 Å². The summed E-state index contributed by atoms with van der Waals surface area (Å²) < 4.78 is 10.4. The standard InChI is InChI=1S/C20H23N3O2.C2H6/c1-20(2,22-9-8-21-14-22)13-25-18-5-3-4-16-10-17(12-24)23(19(16)18)11-15-6-7-15;1-2/h3-5,8-10,12,14-15H,6-7,11,13H2,1-2H3;1-2H3. The monoisotopic (exact) mass is 367 g/mol. The molecule has 0 saturated heterocycles. The summed E-state index contributed by atoms with van der Waals surface area (Å²) in [5.74, 6) is 1.52. The fraction of sp³-hybridized carbons (Fsp3) is 0.455. The highest BCUT2D eigenvalue weighted by atomic mass is 16.5. The fourth-order valence-electron chi connectivity index (χ4n) is 3.23. The Bertz CT molecular complexity index is 890. The van der Waals surface area contributed by atoms with E-state index in [0.29, 0.717) is 12.5 Å². The third-order valence-corrected chi connectivity index (χ3v) is 4.96. The first-order chi connectivity index (χ1) is 13.1. The molecular formula is C22H29N3O2. The van der Waals surface area contributed by atoms with Gasteiger partial charge >= 0.3 is 0 Å². The zero-order chi connectivity index (χ0) is 19.4. The van der Waals surface area contributed by atoms with E-state index in [9.17, 15) is 4.79 Å². The van der Waals surface area contributed by atoms with Gasteiger partial charge in [0, 0.05) is 24.3 Å². The van der Waals surface area contributed by atoms with E-state index in [4.69, 9.17) is 4.74 Å². The minimum absolute atomic E-state index is 0.208. The van der Waals surface area contributed by atoms with Gasteiger partial charge in [0.25, 0.3) is 0 Å². The molecule has 0 atom stereocenters. The number of carbonyl (C=O) groups is 1. The maximum Gasteiger partial charge on any atom is 0.166 e. The molecule has 0 unspecified atom stereocenters. The number of aldehydes is 1. The van der Waals surface area contributed by atoms with Crippen LogP contribution < -0.4 is 4.74 Å². The van der Waals surface area contributed by atoms with Gasteiger partial charge in [0.05, 0.1) is 23.1 Å². The second-order valence-electron chi connectivity index (χ2n) is 7.51. The summed E-state index contributed by atoms with van der Waals surface area (Å²) in [6.07, 6.45) is 8.97. The van der Waals surface area contributed by atoms with Crippen LogP contribution in [0.4, 0.5) is 0 Å². The summed E-state index contributed by atoms with van der Waals surface area (Å²) in [7, 11) is 0. The number of rotatable bonds is 7. The highest BCUT2D eigenvalue weighted by Crippen LogP contribution is 2.36. The summed E-state index contributed by atoms with van der Waals surface area (Å²) in [5.41, 5.74) is 1.55. The molecule has 2 heterocycles. The SMILES string of the molecule is CC.CC(C)(COc1cccc2cc(C=O)n(CC3CC3)c12)n1ccnc1. The van der Waals surface area contributed by atoms with Crippen molar-refractivity contribution in [3.05, 3.63) is 48.7 Å². The van der Waals surface area contributed by atoms with Gasteiger partial charge in [-0.25, -0.2) is 4.98 Å². The average molecular weight is 367 g/mol. The lowest BCUT2D eigenvalue weighted by molar-refractivity contribution is 0.111. The highest BCUT2D eigenvalue weighted by Gasteiger charge is 2.25. The summed E-state index contributed by atoms with van der Waals surface area (Å²) in [5, 5.41) is 1.06. The zero-order valence-corrected chi connectivity index (χ0v) is 16.7. The molecule has 4 rings (SSSR count). The number of imidazole rings is 1. The van der Waals surface area contributed by atoms with Crippen molar-refractivity contribution >= 4 is 17.2 Å². The molecular weight excluding hydrogens is 338 g/mol. The van der Waals surface area contributed by atoms with E-state index in [1.165, 1.54) is 12.8 Å². The van der Waals surface area contributed by atoms with Crippen molar-refractivity contribution in [1.82, 2.24) is 14.1 Å². The van der Waals surface area contributed by atoms with Gasteiger partial charge in [0.1, 0.15) is 12.4 Å². The molecule has 2 aromatic heterocycles. The van der Waals surface area contributed by atoms with Crippen LogP contribution in [0.25, 0.3) is 10.9 Å². The number of carbonyl (C=O) groups excluding carboxylic acids is 1. The number of nitrogens with zero attached hydrogens (tertiary/aromatic N) is 3. The molecule has 0 amide bonds. The summed E-state index contributed by atoms with van der Waals surface area (Å²) >= 11 is 0. The molecule has 5 heteroatoms. The third-order valence-electron chi connectivity index (χ3n) is 4.96. The Hall–Kier alpha value is -2.56. The van der Waals surface area contributed by atoms with Crippen molar-refractivity contribution < 1.29 is 9.53 Å². The second-order valence-corrected chi connectivity index (χ2v) is 7.51. The van der Waals surface area contributed by atoms with Crippen LogP contribution in [0.15, 0.2) is 43.0 Å². The number of fused-ring (bicyclic) bond motifs is 1. The largest absolute Gasteiger partial charge is 0.489 e. The van der Waals surface area contributed by atoms with Gasteiger partial charge in [0.15, 0.2) is 6.29 Å². The van der Waals surface area contributed by atoms with Crippen LogP contribution >= 0.6 is 0 Å². The minimum atomic E-state index is -0.208. The third kappa shape index (κ3) is 4.07. The van der Waals surface area contributed by atoms with E-state index >= 15 is 0 Å². The maximum atomic E-state index is 11.5. The maximum absolute atomic E-state index is 11.5. The number of hydrogen-bond acceptors (Lipinski definition) is 3. The van der Waals surface area contributed by atoms with Crippen LogP contribution in [0.3, 0.4) is 0 Å². The van der Waals surface area contributed by atoms with Gasteiger partial charge < -0.3 is 13.9 Å². The van der Waals surface area contributed by atoms with Crippen LogP contribution in [0.5, 0.6) is 5.75 Å². The van der Waals surface area contributed by atoms with Crippen LogP contribution in [-0.2, 0) is 12.1 Å². The molecule has 1 aliphatic carbocycles. The average Bonchev–Trinajstić information content (AvgIpc) is 3.19. The van der Waals surface area contributed by atoms with Gasteiger partial charge in [0.2, 0.25) is 0 Å². The molecule has 1 fully saturated rings. The Morgan fingerprint density at radius 3 is 2.70 bits per heavy atom. The van der Waals surface area contributed by atoms with Crippen LogP contribution in [0, 0.1) is 5.92 Å². The van der Waals surface area contributed by atoms with Gasteiger partial charge in [-0.2, -0.15) is 0 Å². The lowest BCUT2D eigenvalue weighted by Crippen LogP contribution is -2.32. The van der Waals surface area contributed by atoms with Crippen LogP contribution in [0.2, 0.25) is 0 Å². The molecule has 1 aromatic carbocycles. The topological polar surface area (TPSA) is 49.0 Å². The number of para-hydroxylation sites is 1. The Morgan fingerprint density at radius 1 is 1.30 bits per heavy atom. The second kappa shape index (κ2) is 7.99. The van der Waals surface area contributed by atoms with Gasteiger partial charge in [-0.05, 0) is 44.7 Å². The number of aromatic nitrogens is 3. The van der Waals surface area contributed by atoms with Gasteiger partial charge in [-0.1, -0.05) is 26.0 Å². The number of ether oxygens (including phenoxy) is 1. The van der Waals surface area contributed by atoms with E-state index < -0.39 is 0 Å². The molecule has 0 radical (unpaired) electrons. The first-order valence-electron chi connectivity index (χ1n) is 9.77. The highest BCUT2D eigenvalue weighted by molar-refractivity contribution is 5.92. The van der Waals surface area contributed by atoms with Crippen molar-refractivity contribution in [2.24, 2.45) is 5.92 Å². The first-order valence-corrected chi connectivity index (χ1v) is 9.77. The minimum Gasteiger partial charge on any atom is -0.489 e. The summed E-state index contributed by atoms with van der Waals surface area (Å²) in [4.78, 5) is 15.6. The number of hydrogen-bond donors (Lipinski definition) is 0. The predicted molar refractivity (Wildman–Crippen MR) is 108 cm³/mol. The smallest absolute Gasteiger partial charge is 0.166 e. The first kappa shape index (κ1) is 19.2.